The Morgan fingerprint density at radius 3 is 3.09 bits per heavy atom. The number of fused-ring (bicyclic) bond motifs is 1. The van der Waals surface area contributed by atoms with Crippen LogP contribution in [0.2, 0.25) is 0 Å². The average molecular weight is 319 g/mol. The van der Waals surface area contributed by atoms with Crippen molar-refractivity contribution in [1.82, 2.24) is 14.7 Å². The van der Waals surface area contributed by atoms with Crippen LogP contribution >= 0.6 is 11.3 Å². The first-order valence-electron chi connectivity index (χ1n) is 7.73. The van der Waals surface area contributed by atoms with Gasteiger partial charge in [-0.05, 0) is 36.8 Å². The van der Waals surface area contributed by atoms with E-state index in [1.54, 1.807) is 11.3 Å². The molecule has 0 saturated carbocycles. The SMILES string of the molecule is O=C(CCCc1cccs1)N1CCCn2nc(CO)cc2C1. The molecule has 22 heavy (non-hydrogen) atoms. The van der Waals surface area contributed by atoms with Gasteiger partial charge in [-0.25, -0.2) is 0 Å². The zero-order valence-corrected chi connectivity index (χ0v) is 13.4. The van der Waals surface area contributed by atoms with Gasteiger partial charge in [-0.15, -0.1) is 11.3 Å². The first kappa shape index (κ1) is 15.2. The van der Waals surface area contributed by atoms with Crippen molar-refractivity contribution in [3.8, 4) is 0 Å². The number of aliphatic hydroxyl groups is 1. The molecule has 1 amide bonds. The standard InChI is InChI=1S/C16H21N3O2S/c20-12-13-10-14-11-18(7-3-8-19(14)17-13)16(21)6-1-4-15-5-2-9-22-15/h2,5,9-10,20H,1,3-4,6-8,11-12H2. The number of amides is 1. The molecule has 5 nitrogen and oxygen atoms in total. The Morgan fingerprint density at radius 2 is 2.32 bits per heavy atom. The van der Waals surface area contributed by atoms with Crippen LogP contribution in [0.4, 0.5) is 0 Å². The van der Waals surface area contributed by atoms with Gasteiger partial charge in [0.1, 0.15) is 0 Å². The lowest BCUT2D eigenvalue weighted by Crippen LogP contribution is -2.30. The third-order valence-corrected chi connectivity index (χ3v) is 4.91. The van der Waals surface area contributed by atoms with Crippen molar-refractivity contribution in [2.45, 2.75) is 45.4 Å². The number of rotatable bonds is 5. The summed E-state index contributed by atoms with van der Waals surface area (Å²) in [5, 5.41) is 15.6. The lowest BCUT2D eigenvalue weighted by Gasteiger charge is -2.19. The van der Waals surface area contributed by atoms with Gasteiger partial charge < -0.3 is 10.0 Å². The molecule has 3 rings (SSSR count). The van der Waals surface area contributed by atoms with Gasteiger partial charge in [0.15, 0.2) is 0 Å². The molecule has 2 aromatic heterocycles. The second-order valence-corrected chi connectivity index (χ2v) is 6.64. The number of carbonyl (C=O) groups excluding carboxylic acids is 1. The minimum absolute atomic E-state index is 0.0469. The van der Waals surface area contributed by atoms with Crippen molar-refractivity contribution >= 4 is 17.2 Å². The number of aryl methyl sites for hydroxylation is 2. The van der Waals surface area contributed by atoms with Crippen molar-refractivity contribution in [3.05, 3.63) is 39.8 Å². The number of carbonyl (C=O) groups is 1. The Labute approximate surface area is 134 Å². The van der Waals surface area contributed by atoms with E-state index in [1.165, 1.54) is 4.88 Å². The molecular formula is C16H21N3O2S. The number of nitrogens with zero attached hydrogens (tertiary/aromatic N) is 3. The van der Waals surface area contributed by atoms with E-state index in [-0.39, 0.29) is 12.5 Å². The van der Waals surface area contributed by atoms with Gasteiger partial charge >= 0.3 is 0 Å². The zero-order chi connectivity index (χ0) is 15.4. The maximum Gasteiger partial charge on any atom is 0.222 e. The molecule has 0 radical (unpaired) electrons. The third-order valence-electron chi connectivity index (χ3n) is 3.97. The number of aromatic nitrogens is 2. The topological polar surface area (TPSA) is 58.4 Å². The highest BCUT2D eigenvalue weighted by Crippen LogP contribution is 2.17. The fourth-order valence-corrected chi connectivity index (χ4v) is 3.59. The summed E-state index contributed by atoms with van der Waals surface area (Å²) in [4.78, 5) is 15.7. The van der Waals surface area contributed by atoms with Gasteiger partial charge in [0, 0.05) is 24.4 Å². The minimum atomic E-state index is -0.0469. The summed E-state index contributed by atoms with van der Waals surface area (Å²) in [6.07, 6.45) is 3.38. The second kappa shape index (κ2) is 7.07. The normalized spacial score (nSPS) is 14.7. The van der Waals surface area contributed by atoms with Crippen LogP contribution in [0.15, 0.2) is 23.6 Å². The molecule has 0 bridgehead atoms. The van der Waals surface area contributed by atoms with Gasteiger partial charge in [-0.1, -0.05) is 6.07 Å². The van der Waals surface area contributed by atoms with E-state index in [0.717, 1.165) is 38.0 Å². The van der Waals surface area contributed by atoms with E-state index < -0.39 is 0 Å². The molecule has 0 aromatic carbocycles. The lowest BCUT2D eigenvalue weighted by molar-refractivity contribution is -0.131. The van der Waals surface area contributed by atoms with Crippen LogP contribution in [-0.2, 0) is 30.9 Å². The number of hydrogen-bond donors (Lipinski definition) is 1. The summed E-state index contributed by atoms with van der Waals surface area (Å²) >= 11 is 1.75. The van der Waals surface area contributed by atoms with Crippen LogP contribution in [0.1, 0.15) is 35.5 Å². The van der Waals surface area contributed by atoms with E-state index in [0.29, 0.717) is 18.7 Å². The van der Waals surface area contributed by atoms with Crippen LogP contribution in [-0.4, -0.2) is 32.2 Å². The molecule has 118 valence electrons. The second-order valence-electron chi connectivity index (χ2n) is 5.61. The van der Waals surface area contributed by atoms with Crippen LogP contribution in [0, 0.1) is 0 Å². The van der Waals surface area contributed by atoms with Crippen LogP contribution in [0.25, 0.3) is 0 Å². The Morgan fingerprint density at radius 1 is 1.41 bits per heavy atom. The summed E-state index contributed by atoms with van der Waals surface area (Å²) in [7, 11) is 0. The highest BCUT2D eigenvalue weighted by Gasteiger charge is 2.20. The largest absolute Gasteiger partial charge is 0.390 e. The van der Waals surface area contributed by atoms with Crippen molar-refractivity contribution in [2.24, 2.45) is 0 Å². The highest BCUT2D eigenvalue weighted by molar-refractivity contribution is 7.09. The van der Waals surface area contributed by atoms with Crippen LogP contribution in [0.5, 0.6) is 0 Å². The molecule has 0 unspecified atom stereocenters. The van der Waals surface area contributed by atoms with Gasteiger partial charge in [0.05, 0.1) is 24.5 Å². The smallest absolute Gasteiger partial charge is 0.222 e. The molecule has 1 aliphatic heterocycles. The minimum Gasteiger partial charge on any atom is -0.390 e. The summed E-state index contributed by atoms with van der Waals surface area (Å²) in [5.41, 5.74) is 1.70. The van der Waals surface area contributed by atoms with Gasteiger partial charge in [0.2, 0.25) is 5.91 Å². The maximum atomic E-state index is 12.4. The third kappa shape index (κ3) is 3.56. The molecule has 3 heterocycles. The average Bonchev–Trinajstić information content (AvgIpc) is 3.12. The number of thiophene rings is 1. The van der Waals surface area contributed by atoms with Gasteiger partial charge in [0.25, 0.3) is 0 Å². The Hall–Kier alpha value is -1.66. The van der Waals surface area contributed by atoms with Crippen molar-refractivity contribution in [3.63, 3.8) is 0 Å². The van der Waals surface area contributed by atoms with Gasteiger partial charge in [-0.3, -0.25) is 9.48 Å². The molecule has 0 aliphatic carbocycles. The molecule has 0 spiro atoms. The quantitative estimate of drug-likeness (QED) is 0.919. The molecule has 6 heteroatoms. The van der Waals surface area contributed by atoms with E-state index in [4.69, 9.17) is 0 Å². The summed E-state index contributed by atoms with van der Waals surface area (Å²) in [6.45, 7) is 2.16. The first-order chi connectivity index (χ1) is 10.8. The molecular weight excluding hydrogens is 298 g/mol. The Bertz CT molecular complexity index is 621. The van der Waals surface area contributed by atoms with Crippen LogP contribution in [0.3, 0.4) is 0 Å². The summed E-state index contributed by atoms with van der Waals surface area (Å²) in [6, 6.07) is 6.07. The predicted octanol–water partition coefficient (Wildman–Crippen LogP) is 2.19. The Balaban J connectivity index is 1.55. The molecule has 1 N–H and O–H groups in total. The molecule has 0 atom stereocenters. The maximum absolute atomic E-state index is 12.4. The first-order valence-corrected chi connectivity index (χ1v) is 8.61. The van der Waals surface area contributed by atoms with Crippen LogP contribution < -0.4 is 0 Å². The monoisotopic (exact) mass is 319 g/mol. The van der Waals surface area contributed by atoms with Crippen molar-refractivity contribution in [1.29, 1.82) is 0 Å². The van der Waals surface area contributed by atoms with E-state index in [9.17, 15) is 9.90 Å². The van der Waals surface area contributed by atoms with Gasteiger partial charge in [-0.2, -0.15) is 5.10 Å². The fraction of sp³-hybridized carbons (Fsp3) is 0.500. The van der Waals surface area contributed by atoms with E-state index in [2.05, 4.69) is 22.6 Å². The van der Waals surface area contributed by atoms with E-state index >= 15 is 0 Å². The van der Waals surface area contributed by atoms with E-state index in [1.807, 2.05) is 15.6 Å². The molecule has 0 saturated heterocycles. The summed E-state index contributed by atoms with van der Waals surface area (Å²) < 4.78 is 1.92. The zero-order valence-electron chi connectivity index (χ0n) is 12.6. The summed E-state index contributed by atoms with van der Waals surface area (Å²) in [5.74, 6) is 0.219. The van der Waals surface area contributed by atoms with Crippen molar-refractivity contribution < 1.29 is 9.90 Å². The van der Waals surface area contributed by atoms with Crippen molar-refractivity contribution in [2.75, 3.05) is 6.54 Å². The lowest BCUT2D eigenvalue weighted by atomic mass is 10.2. The molecule has 0 fully saturated rings. The molecule has 1 aliphatic rings. The number of hydrogen-bond acceptors (Lipinski definition) is 4. The molecule has 2 aromatic rings. The fourth-order valence-electron chi connectivity index (χ4n) is 2.84. The highest BCUT2D eigenvalue weighted by atomic mass is 32.1. The Kier molecular flexibility index (Phi) is 4.90. The number of aliphatic hydroxyl groups excluding tert-OH is 1. The predicted molar refractivity (Wildman–Crippen MR) is 85.4 cm³/mol.